The largest absolute Gasteiger partial charge is 0.352 e. The third-order valence-corrected chi connectivity index (χ3v) is 4.34. The molecule has 0 unspecified atom stereocenters. The van der Waals surface area contributed by atoms with E-state index in [1.54, 1.807) is 36.4 Å². The zero-order valence-electron chi connectivity index (χ0n) is 16.9. The predicted molar refractivity (Wildman–Crippen MR) is 114 cm³/mol. The van der Waals surface area contributed by atoms with Crippen molar-refractivity contribution >= 4 is 40.1 Å². The molecule has 0 spiro atoms. The van der Waals surface area contributed by atoms with Crippen LogP contribution < -0.4 is 16.0 Å². The van der Waals surface area contributed by atoms with Crippen molar-refractivity contribution in [2.24, 2.45) is 0 Å². The molecule has 0 atom stereocenters. The van der Waals surface area contributed by atoms with Crippen LogP contribution in [0, 0.1) is 0 Å². The zero-order valence-corrected chi connectivity index (χ0v) is 16.9. The molecule has 1 aromatic heterocycles. The summed E-state index contributed by atoms with van der Waals surface area (Å²) in [6.07, 6.45) is 1.08. The maximum Gasteiger partial charge on any atom is 0.251 e. The number of nitrogens with one attached hydrogen (secondary N) is 3. The number of benzene rings is 2. The molecular formula is C21H24N6O3. The Kier molecular flexibility index (Phi) is 6.74. The Labute approximate surface area is 173 Å². The minimum absolute atomic E-state index is 0.133. The standard InChI is InChI=1S/C21H24N6O3/c1-3-12-27-19-9-4-15(13-18(19)25-26-27)21(30)22-11-10-20(29)24-17-7-5-16(6-8-17)23-14(2)28/h4-9,13H,3,10-12H2,1-2H3,(H,22,30)(H,23,28)(H,24,29). The van der Waals surface area contributed by atoms with E-state index in [1.807, 2.05) is 10.7 Å². The van der Waals surface area contributed by atoms with Crippen LogP contribution in [0.5, 0.6) is 0 Å². The second-order valence-corrected chi connectivity index (χ2v) is 6.83. The van der Waals surface area contributed by atoms with E-state index in [4.69, 9.17) is 0 Å². The Morgan fingerprint density at radius 1 is 1.00 bits per heavy atom. The van der Waals surface area contributed by atoms with Crippen molar-refractivity contribution in [1.82, 2.24) is 20.3 Å². The number of aromatic nitrogens is 3. The lowest BCUT2D eigenvalue weighted by molar-refractivity contribution is -0.116. The SMILES string of the molecule is CCCn1nnc2cc(C(=O)NCCC(=O)Nc3ccc(NC(C)=O)cc3)ccc21. The van der Waals surface area contributed by atoms with Gasteiger partial charge in [-0.15, -0.1) is 5.10 Å². The summed E-state index contributed by atoms with van der Waals surface area (Å²) in [5, 5.41) is 16.3. The Balaban J connectivity index is 1.48. The highest BCUT2D eigenvalue weighted by molar-refractivity contribution is 5.98. The smallest absolute Gasteiger partial charge is 0.251 e. The van der Waals surface area contributed by atoms with Crippen LogP contribution in [0.3, 0.4) is 0 Å². The van der Waals surface area contributed by atoms with Crippen LogP contribution in [-0.2, 0) is 16.1 Å². The monoisotopic (exact) mass is 408 g/mol. The van der Waals surface area contributed by atoms with Crippen molar-refractivity contribution in [2.45, 2.75) is 33.2 Å². The maximum atomic E-state index is 12.4. The summed E-state index contributed by atoms with van der Waals surface area (Å²) >= 11 is 0. The fourth-order valence-electron chi connectivity index (χ4n) is 2.95. The van der Waals surface area contributed by atoms with Gasteiger partial charge in [0.15, 0.2) is 0 Å². The number of hydrogen-bond acceptors (Lipinski definition) is 5. The van der Waals surface area contributed by atoms with E-state index >= 15 is 0 Å². The van der Waals surface area contributed by atoms with Crippen LogP contribution in [0.1, 0.15) is 37.0 Å². The molecule has 0 aliphatic carbocycles. The molecule has 0 aliphatic rings. The highest BCUT2D eigenvalue weighted by Gasteiger charge is 2.11. The molecule has 3 aromatic rings. The second-order valence-electron chi connectivity index (χ2n) is 6.83. The quantitative estimate of drug-likeness (QED) is 0.529. The average Bonchev–Trinajstić information content (AvgIpc) is 3.11. The van der Waals surface area contributed by atoms with Crippen LogP contribution in [0.25, 0.3) is 11.0 Å². The van der Waals surface area contributed by atoms with Gasteiger partial charge in [0.2, 0.25) is 11.8 Å². The van der Waals surface area contributed by atoms with E-state index in [1.165, 1.54) is 6.92 Å². The molecule has 156 valence electrons. The lowest BCUT2D eigenvalue weighted by Crippen LogP contribution is -2.27. The second kappa shape index (κ2) is 9.64. The van der Waals surface area contributed by atoms with Gasteiger partial charge >= 0.3 is 0 Å². The Morgan fingerprint density at radius 2 is 1.70 bits per heavy atom. The van der Waals surface area contributed by atoms with Crippen LogP contribution >= 0.6 is 0 Å². The highest BCUT2D eigenvalue weighted by Crippen LogP contribution is 2.15. The fourth-order valence-corrected chi connectivity index (χ4v) is 2.95. The number of amides is 3. The molecule has 9 nitrogen and oxygen atoms in total. The average molecular weight is 408 g/mol. The summed E-state index contributed by atoms with van der Waals surface area (Å²) in [5.41, 5.74) is 3.29. The van der Waals surface area contributed by atoms with E-state index in [0.717, 1.165) is 18.5 Å². The molecule has 0 fully saturated rings. The van der Waals surface area contributed by atoms with E-state index in [2.05, 4.69) is 33.2 Å². The van der Waals surface area contributed by atoms with E-state index in [0.29, 0.717) is 22.5 Å². The summed E-state index contributed by atoms with van der Waals surface area (Å²) in [7, 11) is 0. The van der Waals surface area contributed by atoms with Crippen molar-refractivity contribution in [2.75, 3.05) is 17.2 Å². The van der Waals surface area contributed by atoms with Gasteiger partial charge in [0.25, 0.3) is 5.91 Å². The predicted octanol–water partition coefficient (Wildman–Crippen LogP) is 2.56. The first kappa shape index (κ1) is 21.0. The Bertz CT molecular complexity index is 1060. The summed E-state index contributed by atoms with van der Waals surface area (Å²) in [6.45, 7) is 4.46. The minimum Gasteiger partial charge on any atom is -0.352 e. The van der Waals surface area contributed by atoms with Gasteiger partial charge in [-0.2, -0.15) is 0 Å². The number of rotatable bonds is 8. The molecule has 0 saturated carbocycles. The summed E-state index contributed by atoms with van der Waals surface area (Å²) in [4.78, 5) is 35.5. The maximum absolute atomic E-state index is 12.4. The molecule has 3 amide bonds. The number of hydrogen-bond donors (Lipinski definition) is 3. The molecule has 30 heavy (non-hydrogen) atoms. The first-order chi connectivity index (χ1) is 14.5. The molecule has 0 aliphatic heterocycles. The van der Waals surface area contributed by atoms with Gasteiger partial charge in [-0.25, -0.2) is 4.68 Å². The van der Waals surface area contributed by atoms with Crippen molar-refractivity contribution < 1.29 is 14.4 Å². The van der Waals surface area contributed by atoms with Gasteiger partial charge in [-0.1, -0.05) is 12.1 Å². The zero-order chi connectivity index (χ0) is 21.5. The number of anilines is 2. The van der Waals surface area contributed by atoms with Gasteiger partial charge in [0.05, 0.1) is 5.52 Å². The van der Waals surface area contributed by atoms with Gasteiger partial charge in [0, 0.05) is 43.4 Å². The lowest BCUT2D eigenvalue weighted by atomic mass is 10.2. The van der Waals surface area contributed by atoms with Crippen LogP contribution in [-0.4, -0.2) is 39.3 Å². The summed E-state index contributed by atoms with van der Waals surface area (Å²) in [5.74, 6) is -0.651. The third-order valence-electron chi connectivity index (χ3n) is 4.34. The summed E-state index contributed by atoms with van der Waals surface area (Å²) < 4.78 is 1.81. The molecule has 0 radical (unpaired) electrons. The first-order valence-corrected chi connectivity index (χ1v) is 9.75. The van der Waals surface area contributed by atoms with Crippen molar-refractivity contribution in [3.05, 3.63) is 48.0 Å². The fraction of sp³-hybridized carbons (Fsp3) is 0.286. The van der Waals surface area contributed by atoms with E-state index in [-0.39, 0.29) is 30.7 Å². The number of carbonyl (C=O) groups is 3. The molecule has 2 aromatic carbocycles. The Hall–Kier alpha value is -3.75. The van der Waals surface area contributed by atoms with Crippen LogP contribution in [0.15, 0.2) is 42.5 Å². The lowest BCUT2D eigenvalue weighted by Gasteiger charge is -2.08. The number of aryl methyl sites for hydroxylation is 1. The molecule has 3 N–H and O–H groups in total. The third kappa shape index (κ3) is 5.40. The van der Waals surface area contributed by atoms with Gasteiger partial charge < -0.3 is 16.0 Å². The molecule has 0 saturated heterocycles. The number of fused-ring (bicyclic) bond motifs is 1. The first-order valence-electron chi connectivity index (χ1n) is 9.75. The van der Waals surface area contributed by atoms with Gasteiger partial charge in [-0.05, 0) is 48.9 Å². The normalized spacial score (nSPS) is 10.6. The van der Waals surface area contributed by atoms with Crippen molar-refractivity contribution in [1.29, 1.82) is 0 Å². The topological polar surface area (TPSA) is 118 Å². The summed E-state index contributed by atoms with van der Waals surface area (Å²) in [6, 6.07) is 12.0. The van der Waals surface area contributed by atoms with Crippen molar-refractivity contribution in [3.8, 4) is 0 Å². The molecule has 0 bridgehead atoms. The Morgan fingerprint density at radius 3 is 2.37 bits per heavy atom. The van der Waals surface area contributed by atoms with Gasteiger partial charge in [-0.3, -0.25) is 14.4 Å². The van der Waals surface area contributed by atoms with Crippen LogP contribution in [0.4, 0.5) is 11.4 Å². The highest BCUT2D eigenvalue weighted by atomic mass is 16.2. The van der Waals surface area contributed by atoms with Crippen LogP contribution in [0.2, 0.25) is 0 Å². The van der Waals surface area contributed by atoms with Gasteiger partial charge in [0.1, 0.15) is 5.52 Å². The van der Waals surface area contributed by atoms with E-state index in [9.17, 15) is 14.4 Å². The van der Waals surface area contributed by atoms with E-state index < -0.39 is 0 Å². The molecule has 9 heteroatoms. The number of carbonyl (C=O) groups excluding carboxylic acids is 3. The molecule has 1 heterocycles. The molecular weight excluding hydrogens is 384 g/mol. The molecule has 3 rings (SSSR count). The minimum atomic E-state index is -0.269. The number of nitrogens with zero attached hydrogens (tertiary/aromatic N) is 3. The van der Waals surface area contributed by atoms with Crippen molar-refractivity contribution in [3.63, 3.8) is 0 Å².